The summed E-state index contributed by atoms with van der Waals surface area (Å²) < 4.78 is 21.6. The predicted octanol–water partition coefficient (Wildman–Crippen LogP) is 5.62. The Morgan fingerprint density at radius 2 is 1.74 bits per heavy atom. The van der Waals surface area contributed by atoms with Gasteiger partial charge in [0, 0.05) is 36.2 Å². The van der Waals surface area contributed by atoms with E-state index in [0.717, 1.165) is 27.7 Å². The van der Waals surface area contributed by atoms with Gasteiger partial charge in [-0.05, 0) is 65.7 Å². The van der Waals surface area contributed by atoms with Gasteiger partial charge in [-0.2, -0.15) is 5.10 Å². The van der Waals surface area contributed by atoms with Crippen LogP contribution in [0.15, 0.2) is 90.0 Å². The number of aromatic nitrogens is 1. The van der Waals surface area contributed by atoms with Crippen LogP contribution in [0, 0.1) is 0 Å². The number of hydrogen-bond acceptors (Lipinski definition) is 8. The molecule has 10 nitrogen and oxygen atoms in total. The lowest BCUT2D eigenvalue weighted by Gasteiger charge is -2.12. The van der Waals surface area contributed by atoms with E-state index < -0.39 is 5.97 Å². The van der Waals surface area contributed by atoms with Gasteiger partial charge in [0.05, 0.1) is 18.9 Å². The number of carbonyl (C=O) groups excluding carboxylic acids is 2. The topological polar surface area (TPSA) is 114 Å². The van der Waals surface area contributed by atoms with Gasteiger partial charge in [-0.15, -0.1) is 0 Å². The first-order valence-corrected chi connectivity index (χ1v) is 13.4. The zero-order valence-corrected chi connectivity index (χ0v) is 23.7. The lowest BCUT2D eigenvalue weighted by atomic mass is 10.0. The molecule has 0 spiro atoms. The normalized spacial score (nSPS) is 12.0. The molecule has 4 aromatic carbocycles. The van der Waals surface area contributed by atoms with Gasteiger partial charge < -0.3 is 28.8 Å². The van der Waals surface area contributed by atoms with E-state index in [1.54, 1.807) is 36.4 Å². The number of ether oxygens (including phenoxy) is 4. The highest BCUT2D eigenvalue weighted by Crippen LogP contribution is 2.35. The van der Waals surface area contributed by atoms with Gasteiger partial charge in [0.25, 0.3) is 5.91 Å². The molecule has 0 radical (unpaired) electrons. The third kappa shape index (κ3) is 5.58. The number of hydrogen-bond donors (Lipinski definition) is 2. The first kappa shape index (κ1) is 27.4. The number of H-pyrrole nitrogens is 1. The van der Waals surface area contributed by atoms with Crippen molar-refractivity contribution >= 4 is 34.7 Å². The first-order valence-electron chi connectivity index (χ1n) is 13.4. The number of rotatable bonds is 8. The Morgan fingerprint density at radius 3 is 2.53 bits per heavy atom. The van der Waals surface area contributed by atoms with E-state index in [9.17, 15) is 9.59 Å². The summed E-state index contributed by atoms with van der Waals surface area (Å²) >= 11 is 0. The zero-order chi connectivity index (χ0) is 29.9. The lowest BCUT2D eigenvalue weighted by Crippen LogP contribution is -2.18. The van der Waals surface area contributed by atoms with E-state index in [4.69, 9.17) is 18.9 Å². The first-order chi connectivity index (χ1) is 20.9. The molecule has 1 aliphatic rings. The quantitative estimate of drug-likeness (QED) is 0.107. The number of methoxy groups -OCH3 is 1. The number of hydrazone groups is 1. The standard InChI is InChI=1S/C33H28N4O6/c1-37(2)23-11-12-25-24(17-23)30(21-7-5-4-6-8-21)31(35-25)32(38)36-34-18-20-9-13-27(28(15-20)40-3)43-33(39)22-10-14-26-29(16-22)42-19-41-26/h4-18,35H,19H2,1-3H3,(H,36,38). The molecule has 1 aromatic heterocycles. The molecule has 1 aliphatic heterocycles. The van der Waals surface area contributed by atoms with Crippen molar-refractivity contribution in [1.82, 2.24) is 10.4 Å². The average molecular weight is 577 g/mol. The van der Waals surface area contributed by atoms with Gasteiger partial charge in [-0.25, -0.2) is 10.2 Å². The number of carbonyl (C=O) groups is 2. The second-order valence-corrected chi connectivity index (χ2v) is 9.93. The highest BCUT2D eigenvalue weighted by molar-refractivity contribution is 6.10. The summed E-state index contributed by atoms with van der Waals surface area (Å²) in [5.74, 6) is 0.646. The number of nitrogens with zero attached hydrogens (tertiary/aromatic N) is 2. The zero-order valence-electron chi connectivity index (χ0n) is 23.7. The Balaban J connectivity index is 1.20. The monoisotopic (exact) mass is 576 g/mol. The fourth-order valence-electron chi connectivity index (χ4n) is 4.79. The third-order valence-corrected chi connectivity index (χ3v) is 6.97. The summed E-state index contributed by atoms with van der Waals surface area (Å²) in [6.45, 7) is 0.110. The molecule has 2 heterocycles. The van der Waals surface area contributed by atoms with E-state index in [1.807, 2.05) is 61.5 Å². The Bertz CT molecular complexity index is 1860. The number of nitrogens with one attached hydrogen (secondary N) is 2. The minimum absolute atomic E-state index is 0.110. The van der Waals surface area contributed by atoms with Crippen LogP contribution >= 0.6 is 0 Å². The van der Waals surface area contributed by atoms with E-state index >= 15 is 0 Å². The minimum atomic E-state index is -0.574. The molecule has 10 heteroatoms. The second kappa shape index (κ2) is 11.6. The lowest BCUT2D eigenvalue weighted by molar-refractivity contribution is 0.0729. The molecule has 0 unspecified atom stereocenters. The van der Waals surface area contributed by atoms with Crippen molar-refractivity contribution in [1.29, 1.82) is 0 Å². The number of amides is 1. The summed E-state index contributed by atoms with van der Waals surface area (Å²) in [4.78, 5) is 31.4. The summed E-state index contributed by atoms with van der Waals surface area (Å²) in [6, 6.07) is 25.5. The second-order valence-electron chi connectivity index (χ2n) is 9.93. The molecule has 216 valence electrons. The van der Waals surface area contributed by atoms with Crippen molar-refractivity contribution in [3.05, 3.63) is 102 Å². The van der Waals surface area contributed by atoms with Crippen molar-refractivity contribution in [2.75, 3.05) is 32.9 Å². The van der Waals surface area contributed by atoms with Crippen LogP contribution in [0.25, 0.3) is 22.0 Å². The predicted molar refractivity (Wildman–Crippen MR) is 164 cm³/mol. The minimum Gasteiger partial charge on any atom is -0.493 e. The number of aromatic amines is 1. The Hall–Kier alpha value is -5.77. The molecular formula is C33H28N4O6. The van der Waals surface area contributed by atoms with Gasteiger partial charge in [0.15, 0.2) is 23.0 Å². The fraction of sp³-hybridized carbons (Fsp3) is 0.121. The summed E-state index contributed by atoms with van der Waals surface area (Å²) in [6.07, 6.45) is 1.48. The molecular weight excluding hydrogens is 548 g/mol. The van der Waals surface area contributed by atoms with Gasteiger partial charge >= 0.3 is 5.97 Å². The third-order valence-electron chi connectivity index (χ3n) is 6.97. The van der Waals surface area contributed by atoms with Crippen LogP contribution < -0.4 is 29.3 Å². The molecule has 0 saturated heterocycles. The number of fused-ring (bicyclic) bond motifs is 2. The van der Waals surface area contributed by atoms with Gasteiger partial charge in [-0.1, -0.05) is 30.3 Å². The summed E-state index contributed by atoms with van der Waals surface area (Å²) in [5, 5.41) is 5.11. The van der Waals surface area contributed by atoms with Crippen molar-refractivity contribution in [2.24, 2.45) is 5.10 Å². The Labute approximate surface area is 247 Å². The van der Waals surface area contributed by atoms with Crippen LogP contribution in [-0.2, 0) is 0 Å². The van der Waals surface area contributed by atoms with Gasteiger partial charge in [-0.3, -0.25) is 4.79 Å². The van der Waals surface area contributed by atoms with Crippen LogP contribution in [0.4, 0.5) is 5.69 Å². The maximum absolute atomic E-state index is 13.4. The van der Waals surface area contributed by atoms with Crippen LogP contribution in [-0.4, -0.2) is 51.1 Å². The SMILES string of the molecule is COc1cc(C=NNC(=O)c2[nH]c3ccc(N(C)C)cc3c2-c2ccccc2)ccc1OC(=O)c1ccc2c(c1)OCO2. The van der Waals surface area contributed by atoms with E-state index in [2.05, 4.69) is 21.6 Å². The molecule has 0 fully saturated rings. The van der Waals surface area contributed by atoms with Crippen molar-refractivity contribution in [3.8, 4) is 34.1 Å². The van der Waals surface area contributed by atoms with Crippen molar-refractivity contribution in [2.45, 2.75) is 0 Å². The molecule has 0 saturated carbocycles. The molecule has 0 atom stereocenters. The van der Waals surface area contributed by atoms with Gasteiger partial charge in [0.1, 0.15) is 5.69 Å². The van der Waals surface area contributed by atoms with E-state index in [-0.39, 0.29) is 18.4 Å². The summed E-state index contributed by atoms with van der Waals surface area (Å²) in [5.41, 5.74) is 7.52. The smallest absolute Gasteiger partial charge is 0.343 e. The molecule has 2 N–H and O–H groups in total. The number of anilines is 1. The molecule has 6 rings (SSSR count). The number of esters is 1. The molecule has 5 aromatic rings. The van der Waals surface area contributed by atoms with E-state index in [0.29, 0.717) is 34.1 Å². The molecule has 43 heavy (non-hydrogen) atoms. The largest absolute Gasteiger partial charge is 0.493 e. The van der Waals surface area contributed by atoms with Crippen LogP contribution in [0.5, 0.6) is 23.0 Å². The average Bonchev–Trinajstić information content (AvgIpc) is 3.66. The molecule has 0 bridgehead atoms. The molecule has 0 aliphatic carbocycles. The van der Waals surface area contributed by atoms with Crippen molar-refractivity contribution < 1.29 is 28.5 Å². The summed E-state index contributed by atoms with van der Waals surface area (Å²) in [7, 11) is 5.42. The van der Waals surface area contributed by atoms with Crippen LogP contribution in [0.2, 0.25) is 0 Å². The van der Waals surface area contributed by atoms with Gasteiger partial charge in [0.2, 0.25) is 6.79 Å². The van der Waals surface area contributed by atoms with Crippen LogP contribution in [0.1, 0.15) is 26.4 Å². The van der Waals surface area contributed by atoms with E-state index in [1.165, 1.54) is 13.3 Å². The molecule has 1 amide bonds. The maximum Gasteiger partial charge on any atom is 0.343 e. The Morgan fingerprint density at radius 1 is 0.930 bits per heavy atom. The Kier molecular flexibility index (Phi) is 7.40. The highest BCUT2D eigenvalue weighted by Gasteiger charge is 2.21. The van der Waals surface area contributed by atoms with Crippen LogP contribution in [0.3, 0.4) is 0 Å². The highest BCUT2D eigenvalue weighted by atomic mass is 16.7. The maximum atomic E-state index is 13.4. The fourth-order valence-corrected chi connectivity index (χ4v) is 4.79. The number of benzene rings is 4. The van der Waals surface area contributed by atoms with Crippen molar-refractivity contribution in [3.63, 3.8) is 0 Å².